The van der Waals surface area contributed by atoms with E-state index >= 15 is 0 Å². The number of furan rings is 1. The highest BCUT2D eigenvalue weighted by atomic mass is 35.5. The number of pyridine rings is 1. The maximum absolute atomic E-state index is 11.8. The number of thiocarbonyl (C=S) groups is 1. The third-order valence-corrected chi connectivity index (χ3v) is 7.54. The highest BCUT2D eigenvalue weighted by molar-refractivity contribution is 7.92. The van der Waals surface area contributed by atoms with Gasteiger partial charge in [0.05, 0.1) is 30.8 Å². The van der Waals surface area contributed by atoms with E-state index in [-0.39, 0.29) is 6.04 Å². The molecule has 4 aromatic rings. The van der Waals surface area contributed by atoms with Crippen molar-refractivity contribution in [1.82, 2.24) is 10.3 Å². The van der Waals surface area contributed by atoms with Gasteiger partial charge in [0, 0.05) is 28.5 Å². The first kappa shape index (κ1) is 26.0. The first-order valence-electron chi connectivity index (χ1n) is 11.7. The standard InChI is InChI=1S/C27H25ClN4O4S2/c1-16-7-8-17(14-19(16)28)22-11-12-23(36-22)26-25(21-6-4-5-13-29-21)30-27(37)32(26)18-9-10-20(24(15-18)35-2)31-38(3,33)34/h4-15,25-26,31H,1-3H3,(H,30,37)/t25-,26+/m0/s1. The third kappa shape index (κ3) is 5.20. The van der Waals surface area contributed by atoms with Gasteiger partial charge in [0.15, 0.2) is 5.11 Å². The minimum Gasteiger partial charge on any atom is -0.494 e. The summed E-state index contributed by atoms with van der Waals surface area (Å²) in [6, 6.07) is 19.8. The van der Waals surface area contributed by atoms with Gasteiger partial charge in [-0.3, -0.25) is 9.71 Å². The zero-order chi connectivity index (χ0) is 27.0. The van der Waals surface area contributed by atoms with Gasteiger partial charge in [-0.15, -0.1) is 0 Å². The number of methoxy groups -OCH3 is 1. The van der Waals surface area contributed by atoms with Gasteiger partial charge in [0.2, 0.25) is 10.0 Å². The molecule has 0 aliphatic carbocycles. The van der Waals surface area contributed by atoms with Crippen LogP contribution in [0.2, 0.25) is 5.02 Å². The number of hydrogen-bond donors (Lipinski definition) is 2. The minimum absolute atomic E-state index is 0.316. The maximum Gasteiger partial charge on any atom is 0.229 e. The smallest absolute Gasteiger partial charge is 0.229 e. The Morgan fingerprint density at radius 3 is 2.63 bits per heavy atom. The number of nitrogens with zero attached hydrogens (tertiary/aromatic N) is 2. The van der Waals surface area contributed by atoms with E-state index in [1.165, 1.54) is 7.11 Å². The molecule has 2 atom stereocenters. The largest absolute Gasteiger partial charge is 0.494 e. The molecule has 0 saturated carbocycles. The fraction of sp³-hybridized carbons (Fsp3) is 0.185. The van der Waals surface area contributed by atoms with Crippen molar-refractivity contribution in [3.8, 4) is 17.1 Å². The van der Waals surface area contributed by atoms with Crippen LogP contribution >= 0.6 is 23.8 Å². The summed E-state index contributed by atoms with van der Waals surface area (Å²) in [6.45, 7) is 1.95. The number of halogens is 1. The monoisotopic (exact) mass is 568 g/mol. The lowest BCUT2D eigenvalue weighted by molar-refractivity contribution is 0.416. The number of sulfonamides is 1. The summed E-state index contributed by atoms with van der Waals surface area (Å²) >= 11 is 12.1. The SMILES string of the molecule is COc1cc(N2C(=S)N[C@@H](c3ccccn3)[C@H]2c2ccc(-c3ccc(C)c(Cl)c3)o2)ccc1NS(C)(=O)=O. The van der Waals surface area contributed by atoms with Gasteiger partial charge in [-0.2, -0.15) is 0 Å². The van der Waals surface area contributed by atoms with E-state index in [0.29, 0.717) is 38.8 Å². The fourth-order valence-corrected chi connectivity index (χ4v) is 5.54. The molecule has 1 aliphatic heterocycles. The van der Waals surface area contributed by atoms with Crippen LogP contribution in [0.5, 0.6) is 5.75 Å². The number of anilines is 2. The topological polar surface area (TPSA) is 96.7 Å². The molecular formula is C27H25ClN4O4S2. The van der Waals surface area contributed by atoms with Crippen molar-refractivity contribution >= 4 is 50.3 Å². The van der Waals surface area contributed by atoms with Crippen LogP contribution in [0.3, 0.4) is 0 Å². The van der Waals surface area contributed by atoms with Crippen LogP contribution in [0.15, 0.2) is 77.3 Å². The van der Waals surface area contributed by atoms with Crippen LogP contribution in [0, 0.1) is 6.92 Å². The minimum atomic E-state index is -3.49. The van der Waals surface area contributed by atoms with E-state index in [1.807, 2.05) is 60.4 Å². The molecule has 1 fully saturated rings. The van der Waals surface area contributed by atoms with Crippen molar-refractivity contribution in [2.45, 2.75) is 19.0 Å². The molecule has 0 bridgehead atoms. The van der Waals surface area contributed by atoms with Crippen molar-refractivity contribution in [1.29, 1.82) is 0 Å². The number of aromatic nitrogens is 1. The molecule has 11 heteroatoms. The van der Waals surface area contributed by atoms with Gasteiger partial charge in [-0.25, -0.2) is 8.42 Å². The molecule has 0 spiro atoms. The third-order valence-electron chi connectivity index (χ3n) is 6.23. The molecule has 1 saturated heterocycles. The number of hydrogen-bond acceptors (Lipinski definition) is 6. The molecule has 3 heterocycles. The van der Waals surface area contributed by atoms with E-state index in [0.717, 1.165) is 23.1 Å². The summed E-state index contributed by atoms with van der Waals surface area (Å²) in [5.41, 5.74) is 3.65. The number of nitrogens with one attached hydrogen (secondary N) is 2. The first-order valence-corrected chi connectivity index (χ1v) is 14.3. The van der Waals surface area contributed by atoms with Gasteiger partial charge >= 0.3 is 0 Å². The summed E-state index contributed by atoms with van der Waals surface area (Å²) in [7, 11) is -2.02. The van der Waals surface area contributed by atoms with E-state index in [2.05, 4.69) is 15.0 Å². The number of benzene rings is 2. The van der Waals surface area contributed by atoms with Crippen molar-refractivity contribution < 1.29 is 17.6 Å². The molecule has 5 rings (SSSR count). The van der Waals surface area contributed by atoms with Crippen molar-refractivity contribution in [3.05, 3.63) is 95.0 Å². The molecule has 2 aromatic heterocycles. The van der Waals surface area contributed by atoms with Crippen LogP contribution in [-0.2, 0) is 10.0 Å². The lowest BCUT2D eigenvalue weighted by atomic mass is 10.0. The Morgan fingerprint density at radius 1 is 1.13 bits per heavy atom. The molecule has 196 valence electrons. The Balaban J connectivity index is 1.59. The predicted molar refractivity (Wildman–Crippen MR) is 153 cm³/mol. The van der Waals surface area contributed by atoms with Crippen LogP contribution in [0.4, 0.5) is 11.4 Å². The van der Waals surface area contributed by atoms with Gasteiger partial charge in [0.1, 0.15) is 23.3 Å². The molecular weight excluding hydrogens is 544 g/mol. The zero-order valence-electron chi connectivity index (χ0n) is 20.8. The van der Waals surface area contributed by atoms with Crippen LogP contribution < -0.4 is 19.7 Å². The maximum atomic E-state index is 11.8. The van der Waals surface area contributed by atoms with Crippen LogP contribution in [-0.4, -0.2) is 31.9 Å². The Kier molecular flexibility index (Phi) is 7.04. The van der Waals surface area contributed by atoms with Crippen molar-refractivity contribution in [3.63, 3.8) is 0 Å². The number of rotatable bonds is 7. The average Bonchev–Trinajstić information content (AvgIpc) is 3.50. The molecule has 1 aliphatic rings. The van der Waals surface area contributed by atoms with Crippen LogP contribution in [0.25, 0.3) is 11.3 Å². The van der Waals surface area contributed by atoms with Gasteiger partial charge in [-0.1, -0.05) is 29.8 Å². The van der Waals surface area contributed by atoms with E-state index in [9.17, 15) is 8.42 Å². The Hall–Kier alpha value is -3.60. The molecule has 2 aromatic carbocycles. The van der Waals surface area contributed by atoms with Gasteiger partial charge in [0.25, 0.3) is 0 Å². The number of aryl methyl sites for hydroxylation is 1. The summed E-state index contributed by atoms with van der Waals surface area (Å²) in [5, 5.41) is 4.51. The number of ether oxygens (including phenoxy) is 1. The molecule has 0 unspecified atom stereocenters. The molecule has 0 amide bonds. The fourth-order valence-electron chi connectivity index (χ4n) is 4.45. The predicted octanol–water partition coefficient (Wildman–Crippen LogP) is 5.86. The Morgan fingerprint density at radius 2 is 1.95 bits per heavy atom. The Bertz CT molecular complexity index is 1610. The Labute approximate surface area is 231 Å². The zero-order valence-corrected chi connectivity index (χ0v) is 23.2. The molecule has 0 radical (unpaired) electrons. The van der Waals surface area contributed by atoms with E-state index in [1.54, 1.807) is 24.4 Å². The summed E-state index contributed by atoms with van der Waals surface area (Å²) in [4.78, 5) is 6.49. The van der Waals surface area contributed by atoms with Gasteiger partial charge in [-0.05, 0) is 67.2 Å². The summed E-state index contributed by atoms with van der Waals surface area (Å²) in [5.74, 6) is 1.69. The van der Waals surface area contributed by atoms with Crippen LogP contribution in [0.1, 0.15) is 29.1 Å². The lowest BCUT2D eigenvalue weighted by Crippen LogP contribution is -2.29. The molecule has 8 nitrogen and oxygen atoms in total. The second kappa shape index (κ2) is 10.3. The second-order valence-corrected chi connectivity index (χ2v) is 11.5. The average molecular weight is 569 g/mol. The second-order valence-electron chi connectivity index (χ2n) is 8.92. The highest BCUT2D eigenvalue weighted by Gasteiger charge is 2.42. The molecule has 2 N–H and O–H groups in total. The summed E-state index contributed by atoms with van der Waals surface area (Å²) < 4.78 is 38.0. The quantitative estimate of drug-likeness (QED) is 0.268. The van der Waals surface area contributed by atoms with Gasteiger partial charge < -0.3 is 19.4 Å². The van der Waals surface area contributed by atoms with E-state index < -0.39 is 16.1 Å². The molecule has 38 heavy (non-hydrogen) atoms. The highest BCUT2D eigenvalue weighted by Crippen LogP contribution is 2.44. The lowest BCUT2D eigenvalue weighted by Gasteiger charge is -2.27. The van der Waals surface area contributed by atoms with Crippen molar-refractivity contribution in [2.75, 3.05) is 23.0 Å². The summed E-state index contributed by atoms with van der Waals surface area (Å²) in [6.07, 6.45) is 2.82. The van der Waals surface area contributed by atoms with Crippen molar-refractivity contribution in [2.24, 2.45) is 0 Å². The van der Waals surface area contributed by atoms with E-state index in [4.69, 9.17) is 33.0 Å². The normalized spacial score (nSPS) is 17.4. The first-order chi connectivity index (χ1) is 18.1.